The van der Waals surface area contributed by atoms with Gasteiger partial charge in [0.1, 0.15) is 16.3 Å². The maximum Gasteiger partial charge on any atom is 0.296 e. The van der Waals surface area contributed by atoms with Crippen LogP contribution in [0.4, 0.5) is 17.1 Å². The van der Waals surface area contributed by atoms with Crippen molar-refractivity contribution in [2.24, 2.45) is 10.2 Å². The molecule has 0 aliphatic carbocycles. The van der Waals surface area contributed by atoms with Crippen molar-refractivity contribution in [3.63, 3.8) is 0 Å². The highest BCUT2D eigenvalue weighted by Gasteiger charge is 2.21. The fourth-order valence-corrected chi connectivity index (χ4v) is 4.86. The Labute approximate surface area is 222 Å². The number of nitrogens with one attached hydrogen (secondary N) is 1. The van der Waals surface area contributed by atoms with Crippen LogP contribution in [0.25, 0.3) is 10.8 Å². The fourth-order valence-electron chi connectivity index (χ4n) is 3.57. The summed E-state index contributed by atoms with van der Waals surface area (Å²) in [4.78, 5) is 12.6. The van der Waals surface area contributed by atoms with Crippen LogP contribution in [0.3, 0.4) is 0 Å². The number of benzene rings is 4. The summed E-state index contributed by atoms with van der Waals surface area (Å²) in [5.41, 5.74) is 0.690. The molecule has 0 bridgehead atoms. The molecule has 0 heterocycles. The number of aromatic hydroxyl groups is 1. The van der Waals surface area contributed by atoms with Gasteiger partial charge in [-0.3, -0.25) is 9.35 Å². The first-order valence-corrected chi connectivity index (χ1v) is 12.8. The van der Waals surface area contributed by atoms with Gasteiger partial charge in [0.15, 0.2) is 5.75 Å². The van der Waals surface area contributed by atoms with E-state index in [0.717, 1.165) is 6.07 Å². The number of carbonyl (C=O) groups is 1. The maximum absolute atomic E-state index is 13.1. The molecular formula is C25H19Cl2N3O6S. The van der Waals surface area contributed by atoms with Crippen LogP contribution in [0.2, 0.25) is 10.0 Å². The molecule has 0 radical (unpaired) electrons. The van der Waals surface area contributed by atoms with Gasteiger partial charge in [-0.05, 0) is 48.2 Å². The van der Waals surface area contributed by atoms with Crippen molar-refractivity contribution >= 4 is 67.1 Å². The van der Waals surface area contributed by atoms with Gasteiger partial charge in [0, 0.05) is 11.5 Å². The van der Waals surface area contributed by atoms with Gasteiger partial charge in [0.25, 0.3) is 16.0 Å². The van der Waals surface area contributed by atoms with E-state index in [9.17, 15) is 22.9 Å². The third kappa shape index (κ3) is 5.37. The van der Waals surface area contributed by atoms with Gasteiger partial charge in [0.05, 0.1) is 34.1 Å². The molecule has 4 aromatic carbocycles. The van der Waals surface area contributed by atoms with Crippen molar-refractivity contribution in [1.82, 2.24) is 0 Å². The zero-order chi connectivity index (χ0) is 26.9. The van der Waals surface area contributed by atoms with Crippen LogP contribution in [-0.4, -0.2) is 31.1 Å². The van der Waals surface area contributed by atoms with Crippen molar-refractivity contribution in [2.45, 2.75) is 11.8 Å². The number of halogens is 2. The lowest BCUT2D eigenvalue weighted by Gasteiger charge is -2.12. The molecule has 190 valence electrons. The number of carbonyl (C=O) groups excluding carboxylic acids is 1. The SMILES string of the molecule is COc1ccc(NC(=O)c2cc3ccccc3c(N=Nc3ccc(S(=O)(=O)O)c(Cl)c3C)c2O)c(Cl)c1. The predicted octanol–water partition coefficient (Wildman–Crippen LogP) is 7.08. The zero-order valence-electron chi connectivity index (χ0n) is 19.4. The molecule has 0 unspecified atom stereocenters. The first-order chi connectivity index (χ1) is 17.5. The predicted molar refractivity (Wildman–Crippen MR) is 142 cm³/mol. The van der Waals surface area contributed by atoms with Gasteiger partial charge in [-0.1, -0.05) is 47.5 Å². The number of azo groups is 1. The summed E-state index contributed by atoms with van der Waals surface area (Å²) in [6, 6.07) is 15.6. The van der Waals surface area contributed by atoms with E-state index in [-0.39, 0.29) is 32.5 Å². The first kappa shape index (κ1) is 26.4. The summed E-state index contributed by atoms with van der Waals surface area (Å²) in [6.07, 6.45) is 0. The number of phenolic OH excluding ortho intramolecular Hbond substituents is 1. The average molecular weight is 560 g/mol. The molecule has 0 fully saturated rings. The molecule has 37 heavy (non-hydrogen) atoms. The van der Waals surface area contributed by atoms with E-state index in [2.05, 4.69) is 15.5 Å². The minimum absolute atomic E-state index is 0.0125. The molecule has 0 aliphatic rings. The number of nitrogens with zero attached hydrogens (tertiary/aromatic N) is 2. The summed E-state index contributed by atoms with van der Waals surface area (Å²) in [6.45, 7) is 1.51. The van der Waals surface area contributed by atoms with Gasteiger partial charge in [-0.15, -0.1) is 5.11 Å². The summed E-state index contributed by atoms with van der Waals surface area (Å²) < 4.78 is 37.5. The van der Waals surface area contributed by atoms with Crippen LogP contribution in [0.5, 0.6) is 11.5 Å². The van der Waals surface area contributed by atoms with E-state index in [1.165, 1.54) is 32.2 Å². The topological polar surface area (TPSA) is 138 Å². The fraction of sp³-hybridized carbons (Fsp3) is 0.0800. The third-order valence-electron chi connectivity index (χ3n) is 5.52. The van der Waals surface area contributed by atoms with Crippen LogP contribution >= 0.6 is 23.2 Å². The van der Waals surface area contributed by atoms with Crippen LogP contribution < -0.4 is 10.1 Å². The molecule has 0 saturated carbocycles. The number of hydrogen-bond donors (Lipinski definition) is 3. The molecule has 12 heteroatoms. The second-order valence-corrected chi connectivity index (χ2v) is 10.0. The Balaban J connectivity index is 1.78. The lowest BCUT2D eigenvalue weighted by molar-refractivity contribution is 0.102. The Morgan fingerprint density at radius 3 is 2.43 bits per heavy atom. The highest BCUT2D eigenvalue weighted by atomic mass is 35.5. The normalized spacial score (nSPS) is 11.7. The number of amides is 1. The number of hydrogen-bond acceptors (Lipinski definition) is 7. The molecule has 0 saturated heterocycles. The summed E-state index contributed by atoms with van der Waals surface area (Å²) in [7, 11) is -3.04. The average Bonchev–Trinajstić information content (AvgIpc) is 2.85. The smallest absolute Gasteiger partial charge is 0.296 e. The van der Waals surface area contributed by atoms with Crippen LogP contribution in [0, 0.1) is 6.92 Å². The van der Waals surface area contributed by atoms with Crippen molar-refractivity contribution in [3.8, 4) is 11.5 Å². The number of ether oxygens (including phenoxy) is 1. The Bertz CT molecular complexity index is 1690. The van der Waals surface area contributed by atoms with Crippen molar-refractivity contribution in [2.75, 3.05) is 12.4 Å². The van der Waals surface area contributed by atoms with Crippen LogP contribution in [0.15, 0.2) is 75.8 Å². The molecule has 0 atom stereocenters. The van der Waals surface area contributed by atoms with Gasteiger partial charge in [-0.2, -0.15) is 13.5 Å². The number of anilines is 1. The summed E-state index contributed by atoms with van der Waals surface area (Å²) in [5.74, 6) is -0.550. The molecule has 3 N–H and O–H groups in total. The first-order valence-electron chi connectivity index (χ1n) is 10.6. The lowest BCUT2D eigenvalue weighted by Crippen LogP contribution is -2.12. The molecule has 4 rings (SSSR count). The second-order valence-electron chi connectivity index (χ2n) is 7.84. The van der Waals surface area contributed by atoms with Crippen LogP contribution in [-0.2, 0) is 10.1 Å². The van der Waals surface area contributed by atoms with Crippen LogP contribution in [0.1, 0.15) is 15.9 Å². The number of phenols is 1. The van der Waals surface area contributed by atoms with E-state index in [0.29, 0.717) is 22.2 Å². The summed E-state index contributed by atoms with van der Waals surface area (Å²) >= 11 is 12.3. The molecule has 4 aromatic rings. The second kappa shape index (κ2) is 10.3. The summed E-state index contributed by atoms with van der Waals surface area (Å²) in [5, 5.41) is 23.2. The zero-order valence-corrected chi connectivity index (χ0v) is 21.7. The van der Waals surface area contributed by atoms with Crippen molar-refractivity contribution < 1.29 is 27.6 Å². The molecule has 0 aliphatic heterocycles. The Morgan fingerprint density at radius 1 is 1.03 bits per heavy atom. The Hall–Kier alpha value is -3.70. The van der Waals surface area contributed by atoms with Crippen molar-refractivity contribution in [3.05, 3.63) is 81.8 Å². The quantitative estimate of drug-likeness (QED) is 0.170. The Morgan fingerprint density at radius 2 is 1.76 bits per heavy atom. The molecular weight excluding hydrogens is 541 g/mol. The third-order valence-corrected chi connectivity index (χ3v) is 7.33. The minimum atomic E-state index is -4.53. The van der Waals surface area contributed by atoms with E-state index < -0.39 is 26.7 Å². The highest BCUT2D eigenvalue weighted by molar-refractivity contribution is 7.86. The van der Waals surface area contributed by atoms with E-state index in [1.807, 2.05) is 0 Å². The minimum Gasteiger partial charge on any atom is -0.505 e. The van der Waals surface area contributed by atoms with Gasteiger partial charge in [0.2, 0.25) is 0 Å². The van der Waals surface area contributed by atoms with Crippen molar-refractivity contribution in [1.29, 1.82) is 0 Å². The Kier molecular flexibility index (Phi) is 7.37. The number of rotatable bonds is 6. The van der Waals surface area contributed by atoms with Gasteiger partial charge < -0.3 is 15.2 Å². The monoisotopic (exact) mass is 559 g/mol. The highest BCUT2D eigenvalue weighted by Crippen LogP contribution is 2.41. The molecule has 0 aromatic heterocycles. The molecule has 9 nitrogen and oxygen atoms in total. The van der Waals surface area contributed by atoms with Gasteiger partial charge in [-0.25, -0.2) is 0 Å². The van der Waals surface area contributed by atoms with E-state index in [4.69, 9.17) is 27.9 Å². The standard InChI is InChI=1S/C25H19Cl2N3O6S/c1-13-19(9-10-21(22(13)27)37(33,34)35)29-30-23-16-6-4-3-5-14(16)11-17(24(23)31)25(32)28-20-8-7-15(36-2)12-18(20)26/h3-12,31H,1-2H3,(H,28,32)(H,33,34,35). The number of fused-ring (bicyclic) bond motifs is 1. The van der Waals surface area contributed by atoms with E-state index >= 15 is 0 Å². The van der Waals surface area contributed by atoms with Gasteiger partial charge >= 0.3 is 0 Å². The lowest BCUT2D eigenvalue weighted by atomic mass is 10.0. The number of methoxy groups -OCH3 is 1. The largest absolute Gasteiger partial charge is 0.505 e. The van der Waals surface area contributed by atoms with E-state index in [1.54, 1.807) is 36.4 Å². The maximum atomic E-state index is 13.1. The molecule has 1 amide bonds. The molecule has 0 spiro atoms.